The highest BCUT2D eigenvalue weighted by molar-refractivity contribution is 9.10. The van der Waals surface area contributed by atoms with Crippen molar-refractivity contribution < 1.29 is 9.53 Å². The first kappa shape index (κ1) is 20.7. The third kappa shape index (κ3) is 4.59. The van der Waals surface area contributed by atoms with Gasteiger partial charge in [0.15, 0.2) is 5.17 Å². The fourth-order valence-electron chi connectivity index (χ4n) is 3.07. The number of para-hydroxylation sites is 1. The number of carbonyl (C=O) groups excluding carboxylic acids is 1. The molecule has 0 atom stereocenters. The van der Waals surface area contributed by atoms with E-state index in [1.54, 1.807) is 12.0 Å². The lowest BCUT2D eigenvalue weighted by Crippen LogP contribution is -2.32. The monoisotopic (exact) mass is 481 g/mol. The van der Waals surface area contributed by atoms with Crippen LogP contribution in [0.5, 0.6) is 0 Å². The SMILES string of the molecule is COCCN1C(=O)/C(=C/c2cccn2-c2ccc(Br)cc2)SC1=Nc1ccccc1. The summed E-state index contributed by atoms with van der Waals surface area (Å²) in [6.07, 6.45) is 3.91. The molecule has 1 aliphatic rings. The maximum Gasteiger partial charge on any atom is 0.266 e. The Morgan fingerprint density at radius 1 is 1.07 bits per heavy atom. The highest BCUT2D eigenvalue weighted by atomic mass is 79.9. The van der Waals surface area contributed by atoms with Crippen molar-refractivity contribution in [2.24, 2.45) is 4.99 Å². The molecule has 1 aromatic heterocycles. The maximum atomic E-state index is 13.1. The van der Waals surface area contributed by atoms with Gasteiger partial charge in [-0.25, -0.2) is 4.99 Å². The Hall–Kier alpha value is -2.61. The topological polar surface area (TPSA) is 46.8 Å². The number of halogens is 1. The number of amides is 1. The van der Waals surface area contributed by atoms with Gasteiger partial charge >= 0.3 is 0 Å². The van der Waals surface area contributed by atoms with Gasteiger partial charge in [-0.3, -0.25) is 9.69 Å². The predicted molar refractivity (Wildman–Crippen MR) is 126 cm³/mol. The van der Waals surface area contributed by atoms with E-state index in [4.69, 9.17) is 4.74 Å². The molecule has 0 N–H and O–H groups in total. The van der Waals surface area contributed by atoms with Gasteiger partial charge in [0.25, 0.3) is 5.91 Å². The van der Waals surface area contributed by atoms with Crippen LogP contribution in [0.25, 0.3) is 11.8 Å². The summed E-state index contributed by atoms with van der Waals surface area (Å²) in [5.74, 6) is -0.0599. The molecule has 3 aromatic rings. The van der Waals surface area contributed by atoms with Crippen LogP contribution in [-0.2, 0) is 9.53 Å². The Labute approximate surface area is 188 Å². The molecular weight excluding hydrogens is 462 g/mol. The number of aromatic nitrogens is 1. The van der Waals surface area contributed by atoms with Gasteiger partial charge in [0, 0.05) is 29.2 Å². The van der Waals surface area contributed by atoms with E-state index in [0.717, 1.165) is 21.5 Å². The number of carbonyl (C=O) groups is 1. The van der Waals surface area contributed by atoms with Crippen LogP contribution in [0.4, 0.5) is 5.69 Å². The second kappa shape index (κ2) is 9.47. The standard InChI is InChI=1S/C23H20BrN3O2S/c1-29-15-14-27-22(28)21(30-23(27)25-18-6-3-2-4-7-18)16-20-8-5-13-26(20)19-11-9-17(24)10-12-19/h2-13,16H,14-15H2,1H3/b21-16-,25-23?. The third-order valence-corrected chi connectivity index (χ3v) is 6.09. The molecule has 152 valence electrons. The van der Waals surface area contributed by atoms with Crippen molar-refractivity contribution in [2.45, 2.75) is 0 Å². The van der Waals surface area contributed by atoms with Gasteiger partial charge in [-0.05, 0) is 66.4 Å². The molecule has 0 bridgehead atoms. The van der Waals surface area contributed by atoms with Gasteiger partial charge < -0.3 is 9.30 Å². The number of ether oxygens (including phenoxy) is 1. The molecule has 1 amide bonds. The van der Waals surface area contributed by atoms with Crippen LogP contribution in [0.15, 0.2) is 87.3 Å². The minimum atomic E-state index is -0.0599. The molecule has 0 saturated carbocycles. The van der Waals surface area contributed by atoms with Crippen molar-refractivity contribution in [1.82, 2.24) is 9.47 Å². The number of benzene rings is 2. The zero-order valence-electron chi connectivity index (χ0n) is 16.4. The summed E-state index contributed by atoms with van der Waals surface area (Å²) in [4.78, 5) is 20.1. The van der Waals surface area contributed by atoms with E-state index in [2.05, 4.69) is 25.5 Å². The first-order valence-corrected chi connectivity index (χ1v) is 11.0. The number of hydrogen-bond donors (Lipinski definition) is 0. The number of thioether (sulfide) groups is 1. The van der Waals surface area contributed by atoms with Crippen LogP contribution >= 0.6 is 27.7 Å². The fourth-order valence-corrected chi connectivity index (χ4v) is 4.34. The molecule has 4 rings (SSSR count). The Bertz CT molecular complexity index is 1090. The van der Waals surface area contributed by atoms with Crippen molar-refractivity contribution in [2.75, 3.05) is 20.3 Å². The van der Waals surface area contributed by atoms with Crippen LogP contribution in [0, 0.1) is 0 Å². The molecule has 0 unspecified atom stereocenters. The number of amidine groups is 1. The number of rotatable bonds is 6. The summed E-state index contributed by atoms with van der Waals surface area (Å²) in [6.45, 7) is 0.904. The lowest BCUT2D eigenvalue weighted by atomic mass is 10.3. The maximum absolute atomic E-state index is 13.1. The highest BCUT2D eigenvalue weighted by Gasteiger charge is 2.33. The van der Waals surface area contributed by atoms with E-state index in [9.17, 15) is 4.79 Å². The van der Waals surface area contributed by atoms with Crippen LogP contribution in [-0.4, -0.2) is 40.8 Å². The van der Waals surface area contributed by atoms with Gasteiger partial charge in [-0.1, -0.05) is 34.1 Å². The molecule has 0 radical (unpaired) electrons. The predicted octanol–water partition coefficient (Wildman–Crippen LogP) is 5.49. The Balaban J connectivity index is 1.67. The molecule has 2 heterocycles. The van der Waals surface area contributed by atoms with E-state index < -0.39 is 0 Å². The molecule has 0 aliphatic carbocycles. The summed E-state index contributed by atoms with van der Waals surface area (Å²) >= 11 is 4.86. The number of nitrogens with zero attached hydrogens (tertiary/aromatic N) is 3. The number of aliphatic imine (C=N–C) groups is 1. The van der Waals surface area contributed by atoms with Crippen molar-refractivity contribution >= 4 is 50.5 Å². The second-order valence-electron chi connectivity index (χ2n) is 6.57. The molecule has 0 spiro atoms. The van der Waals surface area contributed by atoms with Crippen LogP contribution < -0.4 is 0 Å². The molecule has 1 saturated heterocycles. The minimum Gasteiger partial charge on any atom is -0.383 e. The van der Waals surface area contributed by atoms with E-state index in [1.807, 2.05) is 79.0 Å². The van der Waals surface area contributed by atoms with E-state index in [1.165, 1.54) is 11.8 Å². The average Bonchev–Trinajstić information content (AvgIpc) is 3.33. The number of hydrogen-bond acceptors (Lipinski definition) is 4. The first-order chi connectivity index (χ1) is 14.7. The Morgan fingerprint density at radius 3 is 2.57 bits per heavy atom. The first-order valence-electron chi connectivity index (χ1n) is 9.43. The summed E-state index contributed by atoms with van der Waals surface area (Å²) in [5, 5.41) is 0.663. The molecule has 1 aliphatic heterocycles. The fraction of sp³-hybridized carbons (Fsp3) is 0.130. The smallest absolute Gasteiger partial charge is 0.266 e. The van der Waals surface area contributed by atoms with Crippen molar-refractivity contribution in [3.63, 3.8) is 0 Å². The summed E-state index contributed by atoms with van der Waals surface area (Å²) in [5.41, 5.74) is 2.77. The minimum absolute atomic E-state index is 0.0599. The summed E-state index contributed by atoms with van der Waals surface area (Å²) < 4.78 is 8.27. The van der Waals surface area contributed by atoms with Gasteiger partial charge in [-0.15, -0.1) is 0 Å². The highest BCUT2D eigenvalue weighted by Crippen LogP contribution is 2.34. The Kier molecular flexibility index (Phi) is 6.52. The van der Waals surface area contributed by atoms with Gasteiger partial charge in [0.1, 0.15) is 0 Å². The third-order valence-electron chi connectivity index (χ3n) is 4.55. The van der Waals surface area contributed by atoms with Gasteiger partial charge in [0.2, 0.25) is 0 Å². The molecule has 30 heavy (non-hydrogen) atoms. The Morgan fingerprint density at radius 2 is 1.83 bits per heavy atom. The van der Waals surface area contributed by atoms with Crippen LogP contribution in [0.1, 0.15) is 5.69 Å². The molecule has 5 nitrogen and oxygen atoms in total. The van der Waals surface area contributed by atoms with E-state index in [-0.39, 0.29) is 5.91 Å². The van der Waals surface area contributed by atoms with Crippen LogP contribution in [0.3, 0.4) is 0 Å². The summed E-state index contributed by atoms with van der Waals surface area (Å²) in [7, 11) is 1.63. The zero-order valence-corrected chi connectivity index (χ0v) is 18.8. The second-order valence-corrected chi connectivity index (χ2v) is 8.49. The van der Waals surface area contributed by atoms with E-state index in [0.29, 0.717) is 23.2 Å². The van der Waals surface area contributed by atoms with Crippen molar-refractivity contribution in [3.8, 4) is 5.69 Å². The summed E-state index contributed by atoms with van der Waals surface area (Å²) in [6, 6.07) is 21.7. The van der Waals surface area contributed by atoms with Gasteiger partial charge in [0.05, 0.1) is 23.7 Å². The van der Waals surface area contributed by atoms with Crippen molar-refractivity contribution in [3.05, 3.63) is 88.0 Å². The van der Waals surface area contributed by atoms with Crippen LogP contribution in [0.2, 0.25) is 0 Å². The molecular formula is C23H20BrN3O2S. The molecule has 1 fully saturated rings. The largest absolute Gasteiger partial charge is 0.383 e. The van der Waals surface area contributed by atoms with Crippen molar-refractivity contribution in [1.29, 1.82) is 0 Å². The number of methoxy groups -OCH3 is 1. The molecule has 2 aromatic carbocycles. The lowest BCUT2D eigenvalue weighted by molar-refractivity contribution is -0.122. The van der Waals surface area contributed by atoms with Gasteiger partial charge in [-0.2, -0.15) is 0 Å². The molecule has 7 heteroatoms. The average molecular weight is 482 g/mol. The quantitative estimate of drug-likeness (QED) is 0.437. The lowest BCUT2D eigenvalue weighted by Gasteiger charge is -2.14. The zero-order chi connectivity index (χ0) is 20.9. The normalized spacial score (nSPS) is 16.7. The van der Waals surface area contributed by atoms with E-state index >= 15 is 0 Å².